The van der Waals surface area contributed by atoms with Crippen LogP contribution in [-0.4, -0.2) is 21.6 Å². The minimum atomic E-state index is -0.462. The Bertz CT molecular complexity index is 1500. The Labute approximate surface area is 176 Å². The highest BCUT2D eigenvalue weighted by molar-refractivity contribution is 6.31. The van der Waals surface area contributed by atoms with Crippen LogP contribution in [0.15, 0.2) is 77.6 Å². The van der Waals surface area contributed by atoms with Crippen LogP contribution in [0.1, 0.15) is 17.3 Å². The summed E-state index contributed by atoms with van der Waals surface area (Å²) in [6, 6.07) is 22.1. The Hall–Kier alpha value is -3.57. The molecule has 30 heavy (non-hydrogen) atoms. The van der Waals surface area contributed by atoms with Crippen LogP contribution in [0.4, 0.5) is 0 Å². The lowest BCUT2D eigenvalue weighted by Gasteiger charge is -2.17. The van der Waals surface area contributed by atoms with E-state index < -0.39 is 5.97 Å². The molecule has 0 bridgehead atoms. The van der Waals surface area contributed by atoms with Gasteiger partial charge < -0.3 is 4.74 Å². The third-order valence-corrected chi connectivity index (χ3v) is 5.42. The molecule has 0 aliphatic carbocycles. The van der Waals surface area contributed by atoms with Crippen molar-refractivity contribution in [1.82, 2.24) is 9.03 Å². The molecule has 6 heteroatoms. The molecule has 0 saturated carbocycles. The minimum absolute atomic E-state index is 0.162. The van der Waals surface area contributed by atoms with E-state index in [1.54, 1.807) is 40.2 Å². The van der Waals surface area contributed by atoms with Crippen LogP contribution in [0.25, 0.3) is 33.1 Å². The summed E-state index contributed by atoms with van der Waals surface area (Å²) in [5.74, 6) is -0.462. The number of hydrogen-bond acceptors (Lipinski definition) is 3. The summed E-state index contributed by atoms with van der Waals surface area (Å²) in [5, 5.41) is 1.61. The van der Waals surface area contributed by atoms with Crippen molar-refractivity contribution < 1.29 is 9.53 Å². The lowest BCUT2D eigenvalue weighted by atomic mass is 10.0. The smallest absolute Gasteiger partial charge is 0.341 e. The number of ether oxygens (including phenoxy) is 1. The van der Waals surface area contributed by atoms with Gasteiger partial charge in [0.25, 0.3) is 5.56 Å². The van der Waals surface area contributed by atoms with Gasteiger partial charge >= 0.3 is 5.97 Å². The molecule has 5 aromatic rings. The van der Waals surface area contributed by atoms with Crippen LogP contribution < -0.4 is 5.56 Å². The molecule has 3 aromatic carbocycles. The minimum Gasteiger partial charge on any atom is -0.462 e. The standard InChI is InChI=1S/C24H17ClN2O3/c1-2-30-24(29)21-18-14-16(25)12-13-20(18)27-23(28)17-10-6-7-11-19(17)26(27)22(21)15-8-4-3-5-9-15/h3-14H,2H2,1H3. The lowest BCUT2D eigenvalue weighted by Crippen LogP contribution is -2.18. The Balaban J connectivity index is 2.14. The van der Waals surface area contributed by atoms with Crippen molar-refractivity contribution in [3.05, 3.63) is 93.7 Å². The van der Waals surface area contributed by atoms with Gasteiger partial charge in [-0.1, -0.05) is 54.1 Å². The number of carbonyl (C=O) groups is 1. The van der Waals surface area contributed by atoms with Gasteiger partial charge in [-0.3, -0.25) is 4.79 Å². The third kappa shape index (κ3) is 2.63. The normalized spacial score (nSPS) is 11.4. The first-order valence-corrected chi connectivity index (χ1v) is 10.00. The third-order valence-electron chi connectivity index (χ3n) is 5.19. The van der Waals surface area contributed by atoms with E-state index in [1.807, 2.05) is 48.5 Å². The van der Waals surface area contributed by atoms with E-state index in [9.17, 15) is 9.59 Å². The molecule has 5 rings (SSSR count). The predicted octanol–water partition coefficient (Wildman–Crippen LogP) is 5.20. The van der Waals surface area contributed by atoms with Gasteiger partial charge in [-0.15, -0.1) is 0 Å². The second-order valence-corrected chi connectivity index (χ2v) is 7.35. The molecule has 0 aliphatic rings. The summed E-state index contributed by atoms with van der Waals surface area (Å²) in [7, 11) is 0. The molecule has 2 heterocycles. The SMILES string of the molecule is CCOC(=O)c1c(-c2ccccc2)n2c3ccccc3c(=O)n2c2ccc(Cl)cc12. The number of halogens is 1. The summed E-state index contributed by atoms with van der Waals surface area (Å²) in [4.78, 5) is 26.6. The molecular formula is C24H17ClN2O3. The zero-order valence-electron chi connectivity index (χ0n) is 16.1. The number of para-hydroxylation sites is 1. The van der Waals surface area contributed by atoms with Crippen molar-refractivity contribution in [2.45, 2.75) is 6.92 Å². The molecule has 0 fully saturated rings. The van der Waals surface area contributed by atoms with E-state index in [0.29, 0.717) is 38.1 Å². The van der Waals surface area contributed by atoms with Crippen LogP contribution in [0.5, 0.6) is 0 Å². The Morgan fingerprint density at radius 1 is 0.900 bits per heavy atom. The molecule has 5 nitrogen and oxygen atoms in total. The summed E-state index contributed by atoms with van der Waals surface area (Å²) in [6.45, 7) is 2.00. The second-order valence-electron chi connectivity index (χ2n) is 6.92. The topological polar surface area (TPSA) is 52.2 Å². The lowest BCUT2D eigenvalue weighted by molar-refractivity contribution is 0.0529. The monoisotopic (exact) mass is 416 g/mol. The molecule has 148 valence electrons. The highest BCUT2D eigenvalue weighted by atomic mass is 35.5. The van der Waals surface area contributed by atoms with Crippen LogP contribution in [-0.2, 0) is 4.74 Å². The summed E-state index contributed by atoms with van der Waals surface area (Å²) < 4.78 is 8.82. The maximum Gasteiger partial charge on any atom is 0.341 e. The largest absolute Gasteiger partial charge is 0.462 e. The number of nitrogens with zero attached hydrogens (tertiary/aromatic N) is 2. The van der Waals surface area contributed by atoms with Crippen molar-refractivity contribution >= 4 is 39.4 Å². The molecule has 0 aliphatic heterocycles. The van der Waals surface area contributed by atoms with Crippen LogP contribution in [0, 0.1) is 0 Å². The number of rotatable bonds is 3. The zero-order chi connectivity index (χ0) is 20.8. The van der Waals surface area contributed by atoms with Gasteiger partial charge in [0.1, 0.15) is 0 Å². The molecule has 0 saturated heterocycles. The van der Waals surface area contributed by atoms with Crippen LogP contribution >= 0.6 is 11.6 Å². The zero-order valence-corrected chi connectivity index (χ0v) is 16.9. The Morgan fingerprint density at radius 2 is 1.60 bits per heavy atom. The first-order valence-electron chi connectivity index (χ1n) is 9.62. The molecule has 0 unspecified atom stereocenters. The molecule has 0 atom stereocenters. The maximum absolute atomic E-state index is 13.4. The van der Waals surface area contributed by atoms with E-state index in [-0.39, 0.29) is 12.2 Å². The predicted molar refractivity (Wildman–Crippen MR) is 119 cm³/mol. The number of fused-ring (bicyclic) bond motifs is 5. The fraction of sp³-hybridized carbons (Fsp3) is 0.0833. The highest BCUT2D eigenvalue weighted by Gasteiger charge is 2.25. The van der Waals surface area contributed by atoms with E-state index in [4.69, 9.17) is 16.3 Å². The van der Waals surface area contributed by atoms with E-state index in [1.165, 1.54) is 0 Å². The van der Waals surface area contributed by atoms with Crippen molar-refractivity contribution in [1.29, 1.82) is 0 Å². The number of aromatic nitrogens is 2. The van der Waals surface area contributed by atoms with Gasteiger partial charge in [-0.05, 0) is 37.3 Å². The quantitative estimate of drug-likeness (QED) is 0.380. The number of esters is 1. The molecule has 2 aromatic heterocycles. The average molecular weight is 417 g/mol. The van der Waals surface area contributed by atoms with E-state index >= 15 is 0 Å². The fourth-order valence-corrected chi connectivity index (χ4v) is 4.16. The van der Waals surface area contributed by atoms with Gasteiger partial charge in [0.2, 0.25) is 0 Å². The molecular weight excluding hydrogens is 400 g/mol. The van der Waals surface area contributed by atoms with E-state index in [2.05, 4.69) is 0 Å². The number of hydrogen-bond donors (Lipinski definition) is 0. The molecule has 0 radical (unpaired) electrons. The molecule has 0 amide bonds. The average Bonchev–Trinajstić information content (AvgIpc) is 3.06. The van der Waals surface area contributed by atoms with Crippen molar-refractivity contribution in [2.75, 3.05) is 6.61 Å². The van der Waals surface area contributed by atoms with Gasteiger partial charge in [0.05, 0.1) is 34.3 Å². The first kappa shape index (κ1) is 18.5. The van der Waals surface area contributed by atoms with Gasteiger partial charge in [0, 0.05) is 16.0 Å². The number of benzene rings is 3. The maximum atomic E-state index is 13.4. The molecule has 0 spiro atoms. The second kappa shape index (κ2) is 7.04. The summed E-state index contributed by atoms with van der Waals surface area (Å²) in [5.41, 5.74) is 2.89. The first-order chi connectivity index (χ1) is 14.6. The number of carbonyl (C=O) groups excluding carboxylic acids is 1. The Morgan fingerprint density at radius 3 is 2.37 bits per heavy atom. The highest BCUT2D eigenvalue weighted by Crippen LogP contribution is 2.33. The van der Waals surface area contributed by atoms with Gasteiger partial charge in [-0.2, -0.15) is 0 Å². The Kier molecular flexibility index (Phi) is 4.33. The molecule has 0 N–H and O–H groups in total. The van der Waals surface area contributed by atoms with Crippen molar-refractivity contribution in [2.24, 2.45) is 0 Å². The van der Waals surface area contributed by atoms with Crippen molar-refractivity contribution in [3.63, 3.8) is 0 Å². The summed E-state index contributed by atoms with van der Waals surface area (Å²) >= 11 is 6.29. The van der Waals surface area contributed by atoms with Crippen molar-refractivity contribution in [3.8, 4) is 11.3 Å². The summed E-state index contributed by atoms with van der Waals surface area (Å²) in [6.07, 6.45) is 0. The van der Waals surface area contributed by atoms with E-state index in [0.717, 1.165) is 5.56 Å². The van der Waals surface area contributed by atoms with Gasteiger partial charge in [-0.25, -0.2) is 13.8 Å². The van der Waals surface area contributed by atoms with Crippen LogP contribution in [0.2, 0.25) is 5.02 Å². The van der Waals surface area contributed by atoms with Gasteiger partial charge in [0.15, 0.2) is 0 Å². The van der Waals surface area contributed by atoms with Crippen LogP contribution in [0.3, 0.4) is 0 Å². The fourth-order valence-electron chi connectivity index (χ4n) is 3.99.